The molecule has 1 fully saturated rings. The highest BCUT2D eigenvalue weighted by Crippen LogP contribution is 2.40. The second-order valence-electron chi connectivity index (χ2n) is 20.2. The van der Waals surface area contributed by atoms with E-state index in [9.17, 15) is 30.0 Å². The Kier molecular flexibility index (Phi) is 40.6. The molecule has 2 rings (SSSR count). The molecule has 0 spiro atoms. The second-order valence-corrected chi connectivity index (χ2v) is 20.2. The van der Waals surface area contributed by atoms with Gasteiger partial charge < -0.3 is 54.7 Å². The van der Waals surface area contributed by atoms with Crippen molar-refractivity contribution < 1.29 is 53.7 Å². The summed E-state index contributed by atoms with van der Waals surface area (Å²) < 4.78 is 30.4. The highest BCUT2D eigenvalue weighted by atomic mass is 16.7. The lowest BCUT2D eigenvalue weighted by Crippen LogP contribution is -2.59. The SMILES string of the molecule is CCCCCCCCCCCCOc1cc(C(=O)NCCCC(=O)NCCCCCCO[C@@H]2O[C@H](CO)[C@H](O)[C@H](O)[C@H]2O)cc(OCCCCCCCCCCC)c1OCCCCCCCCCCCC. The first-order valence-corrected chi connectivity index (χ1v) is 29.3. The van der Waals surface area contributed by atoms with Gasteiger partial charge in [-0.25, -0.2) is 0 Å². The van der Waals surface area contributed by atoms with E-state index >= 15 is 0 Å². The van der Waals surface area contributed by atoms with Crippen molar-refractivity contribution in [1.82, 2.24) is 10.6 Å². The van der Waals surface area contributed by atoms with Crippen LogP contribution in [0.2, 0.25) is 0 Å². The first kappa shape index (κ1) is 64.4. The number of unbranched alkanes of at least 4 members (excludes halogenated alkanes) is 29. The van der Waals surface area contributed by atoms with Crippen molar-refractivity contribution in [2.75, 3.05) is 46.1 Å². The van der Waals surface area contributed by atoms with E-state index in [-0.39, 0.29) is 18.4 Å². The maximum absolute atomic E-state index is 13.7. The van der Waals surface area contributed by atoms with E-state index in [1.807, 2.05) is 0 Å². The number of rotatable bonds is 49. The van der Waals surface area contributed by atoms with Gasteiger partial charge in [-0.3, -0.25) is 9.59 Å². The zero-order chi connectivity index (χ0) is 51.4. The van der Waals surface area contributed by atoms with Crippen LogP contribution in [0.3, 0.4) is 0 Å². The van der Waals surface area contributed by atoms with Crippen molar-refractivity contribution in [3.8, 4) is 17.2 Å². The average molecular weight is 1010 g/mol. The van der Waals surface area contributed by atoms with Crippen LogP contribution in [0.25, 0.3) is 0 Å². The summed E-state index contributed by atoms with van der Waals surface area (Å²) in [5.74, 6) is 1.41. The lowest BCUT2D eigenvalue weighted by Gasteiger charge is -2.39. The fraction of sp³-hybridized carbons (Fsp3) is 0.862. The van der Waals surface area contributed by atoms with E-state index in [0.29, 0.717) is 75.0 Å². The molecule has 0 bridgehead atoms. The number of amides is 2. The predicted octanol–water partition coefficient (Wildman–Crippen LogP) is 12.2. The molecule has 13 heteroatoms. The molecule has 1 aliphatic rings. The lowest BCUT2D eigenvalue weighted by atomic mass is 9.99. The van der Waals surface area contributed by atoms with E-state index in [4.69, 9.17) is 23.7 Å². The largest absolute Gasteiger partial charge is 0.490 e. The standard InChI is InChI=1S/C58H106N2O11/c1-4-7-10-13-16-19-22-25-29-34-42-68-50-46-48(57(66)60-40-37-38-52(62)59-39-32-27-31-36-44-70-58-55(65)54(64)53(63)51(47-61)71-58)45-49(67-41-33-28-24-21-18-15-12-9-6-3)56(50)69-43-35-30-26-23-20-17-14-11-8-5-2/h45-46,51,53-55,58,61,63-65H,4-44,47H2,1-3H3,(H,59,62)(H,60,66)/t51-,53+,54+,55-,58-/m1/s1. The quantitative estimate of drug-likeness (QED) is 0.0341. The Hall–Kier alpha value is -2.68. The Morgan fingerprint density at radius 1 is 0.479 bits per heavy atom. The van der Waals surface area contributed by atoms with E-state index < -0.39 is 37.3 Å². The van der Waals surface area contributed by atoms with E-state index in [2.05, 4.69) is 31.4 Å². The lowest BCUT2D eigenvalue weighted by molar-refractivity contribution is -0.301. The van der Waals surface area contributed by atoms with Gasteiger partial charge in [-0.05, 0) is 50.7 Å². The van der Waals surface area contributed by atoms with Crippen molar-refractivity contribution in [1.29, 1.82) is 0 Å². The molecular weight excluding hydrogens is 901 g/mol. The van der Waals surface area contributed by atoms with Crippen molar-refractivity contribution in [2.45, 2.75) is 276 Å². The summed E-state index contributed by atoms with van der Waals surface area (Å²) in [6.07, 6.45) is 33.4. The van der Waals surface area contributed by atoms with Crippen LogP contribution >= 0.6 is 0 Å². The Morgan fingerprint density at radius 2 is 0.873 bits per heavy atom. The summed E-state index contributed by atoms with van der Waals surface area (Å²) in [6, 6.07) is 3.61. The molecular formula is C58H106N2O11. The third kappa shape index (κ3) is 31.6. The van der Waals surface area contributed by atoms with Gasteiger partial charge in [-0.15, -0.1) is 0 Å². The number of aliphatic hydroxyl groups excluding tert-OH is 4. The smallest absolute Gasteiger partial charge is 0.251 e. The van der Waals surface area contributed by atoms with Gasteiger partial charge in [0.2, 0.25) is 11.7 Å². The van der Waals surface area contributed by atoms with Crippen LogP contribution in [0, 0.1) is 0 Å². The second kappa shape index (κ2) is 44.8. The molecule has 5 atom stereocenters. The average Bonchev–Trinajstić information content (AvgIpc) is 3.37. The third-order valence-electron chi connectivity index (χ3n) is 13.7. The fourth-order valence-corrected chi connectivity index (χ4v) is 9.05. The van der Waals surface area contributed by atoms with Crippen LogP contribution in [0.5, 0.6) is 17.2 Å². The third-order valence-corrected chi connectivity index (χ3v) is 13.7. The molecule has 0 saturated carbocycles. The summed E-state index contributed by atoms with van der Waals surface area (Å²) in [5.41, 5.74) is 0.458. The molecule has 0 radical (unpaired) electrons. The minimum absolute atomic E-state index is 0.0658. The van der Waals surface area contributed by atoms with Crippen LogP contribution in [0.15, 0.2) is 12.1 Å². The van der Waals surface area contributed by atoms with Crippen LogP contribution in [-0.2, 0) is 14.3 Å². The maximum Gasteiger partial charge on any atom is 0.251 e. The number of carbonyl (C=O) groups is 2. The molecule has 71 heavy (non-hydrogen) atoms. The summed E-state index contributed by atoms with van der Waals surface area (Å²) in [6.45, 7) is 9.10. The maximum atomic E-state index is 13.7. The highest BCUT2D eigenvalue weighted by molar-refractivity contribution is 5.95. The number of ether oxygens (including phenoxy) is 5. The molecule has 13 nitrogen and oxygen atoms in total. The number of aliphatic hydroxyl groups is 4. The molecule has 2 amide bonds. The summed E-state index contributed by atoms with van der Waals surface area (Å²) >= 11 is 0. The van der Waals surface area contributed by atoms with Crippen molar-refractivity contribution >= 4 is 11.8 Å². The zero-order valence-electron chi connectivity index (χ0n) is 45.4. The number of carbonyl (C=O) groups excluding carboxylic acids is 2. The first-order chi connectivity index (χ1) is 34.8. The van der Waals surface area contributed by atoms with E-state index in [0.717, 1.165) is 57.8 Å². The molecule has 6 N–H and O–H groups in total. The Morgan fingerprint density at radius 3 is 1.32 bits per heavy atom. The summed E-state index contributed by atoms with van der Waals surface area (Å²) in [5, 5.41) is 45.4. The van der Waals surface area contributed by atoms with Crippen molar-refractivity contribution in [3.05, 3.63) is 17.7 Å². The Bertz CT molecular complexity index is 1420. The first-order valence-electron chi connectivity index (χ1n) is 29.3. The van der Waals surface area contributed by atoms with Crippen LogP contribution in [0.1, 0.15) is 256 Å². The van der Waals surface area contributed by atoms with Gasteiger partial charge >= 0.3 is 0 Å². The molecule has 0 aliphatic carbocycles. The predicted molar refractivity (Wildman–Crippen MR) is 287 cm³/mol. The number of hydrogen-bond donors (Lipinski definition) is 6. The Balaban J connectivity index is 1.93. The zero-order valence-corrected chi connectivity index (χ0v) is 45.4. The van der Waals surface area contributed by atoms with Crippen molar-refractivity contribution in [3.63, 3.8) is 0 Å². The molecule has 1 heterocycles. The number of hydrogen-bond acceptors (Lipinski definition) is 11. The van der Waals surface area contributed by atoms with Gasteiger partial charge in [0, 0.05) is 31.7 Å². The monoisotopic (exact) mass is 1010 g/mol. The minimum atomic E-state index is -1.46. The minimum Gasteiger partial charge on any atom is -0.490 e. The van der Waals surface area contributed by atoms with Crippen molar-refractivity contribution in [2.24, 2.45) is 0 Å². The van der Waals surface area contributed by atoms with Gasteiger partial charge in [-0.2, -0.15) is 0 Å². The van der Waals surface area contributed by atoms with E-state index in [1.54, 1.807) is 12.1 Å². The molecule has 414 valence electrons. The van der Waals surface area contributed by atoms with Crippen LogP contribution in [-0.4, -0.2) is 109 Å². The van der Waals surface area contributed by atoms with Gasteiger partial charge in [-0.1, -0.05) is 201 Å². The van der Waals surface area contributed by atoms with Gasteiger partial charge in [0.1, 0.15) is 24.4 Å². The van der Waals surface area contributed by atoms with Gasteiger partial charge in [0.05, 0.1) is 26.4 Å². The van der Waals surface area contributed by atoms with Crippen LogP contribution < -0.4 is 24.8 Å². The van der Waals surface area contributed by atoms with E-state index in [1.165, 1.54) is 148 Å². The molecule has 0 unspecified atom stereocenters. The highest BCUT2D eigenvalue weighted by Gasteiger charge is 2.44. The fourth-order valence-electron chi connectivity index (χ4n) is 9.05. The van der Waals surface area contributed by atoms with Gasteiger partial charge in [0.15, 0.2) is 17.8 Å². The normalized spacial score (nSPS) is 17.9. The summed E-state index contributed by atoms with van der Waals surface area (Å²) in [7, 11) is 0. The number of nitrogens with one attached hydrogen (secondary N) is 2. The molecule has 1 saturated heterocycles. The topological polar surface area (TPSA) is 185 Å². The number of benzene rings is 1. The van der Waals surface area contributed by atoms with Gasteiger partial charge in [0.25, 0.3) is 5.91 Å². The molecule has 0 aromatic heterocycles. The summed E-state index contributed by atoms with van der Waals surface area (Å²) in [4.78, 5) is 26.4. The molecule has 1 aliphatic heterocycles. The molecule has 1 aromatic rings. The Labute approximate surface area is 432 Å². The van der Waals surface area contributed by atoms with Crippen LogP contribution in [0.4, 0.5) is 0 Å². The molecule has 1 aromatic carbocycles.